The first-order valence-electron chi connectivity index (χ1n) is 6.25. The van der Waals surface area contributed by atoms with E-state index in [4.69, 9.17) is 5.11 Å². The van der Waals surface area contributed by atoms with Gasteiger partial charge in [0.1, 0.15) is 5.69 Å². The van der Waals surface area contributed by atoms with Crippen LogP contribution in [0.5, 0.6) is 0 Å². The van der Waals surface area contributed by atoms with Gasteiger partial charge >= 0.3 is 0 Å². The maximum Gasteiger partial charge on any atom is 0.272 e. The van der Waals surface area contributed by atoms with Crippen LogP contribution in [0.4, 0.5) is 0 Å². The minimum atomic E-state index is -0.127. The lowest BCUT2D eigenvalue weighted by atomic mass is 10.3. The molecule has 0 saturated heterocycles. The standard InChI is InChI=1S/C14H17N3O2/c1-2-16(8-9-18)14(19)13-10-15-11-17(13)12-6-4-3-5-7-12/h3-7,10-11,18H,2,8-9H2,1H3. The summed E-state index contributed by atoms with van der Waals surface area (Å²) in [5.74, 6) is -0.127. The summed E-state index contributed by atoms with van der Waals surface area (Å²) < 4.78 is 1.75. The summed E-state index contributed by atoms with van der Waals surface area (Å²) in [5, 5.41) is 8.98. The summed E-state index contributed by atoms with van der Waals surface area (Å²) in [5.41, 5.74) is 1.39. The van der Waals surface area contributed by atoms with Gasteiger partial charge in [-0.3, -0.25) is 9.36 Å². The van der Waals surface area contributed by atoms with Gasteiger partial charge in [-0.05, 0) is 19.1 Å². The molecular weight excluding hydrogens is 242 g/mol. The second-order valence-electron chi connectivity index (χ2n) is 4.09. The van der Waals surface area contributed by atoms with E-state index in [0.29, 0.717) is 18.8 Å². The fraction of sp³-hybridized carbons (Fsp3) is 0.286. The molecule has 2 rings (SSSR count). The number of imidazole rings is 1. The quantitative estimate of drug-likeness (QED) is 0.881. The maximum absolute atomic E-state index is 12.4. The summed E-state index contributed by atoms with van der Waals surface area (Å²) in [7, 11) is 0. The molecule has 0 aliphatic rings. The van der Waals surface area contributed by atoms with E-state index in [9.17, 15) is 4.79 Å². The van der Waals surface area contributed by atoms with Gasteiger partial charge in [-0.2, -0.15) is 0 Å². The highest BCUT2D eigenvalue weighted by molar-refractivity contribution is 5.93. The Morgan fingerprint density at radius 2 is 2.11 bits per heavy atom. The summed E-state index contributed by atoms with van der Waals surface area (Å²) in [6, 6.07) is 9.58. The molecule has 5 nitrogen and oxygen atoms in total. The molecule has 100 valence electrons. The van der Waals surface area contributed by atoms with Gasteiger partial charge in [0, 0.05) is 18.8 Å². The van der Waals surface area contributed by atoms with Crippen molar-refractivity contribution in [2.75, 3.05) is 19.7 Å². The van der Waals surface area contributed by atoms with Gasteiger partial charge in [-0.1, -0.05) is 18.2 Å². The number of nitrogens with zero attached hydrogens (tertiary/aromatic N) is 3. The zero-order valence-corrected chi connectivity index (χ0v) is 10.9. The number of para-hydroxylation sites is 1. The molecule has 0 unspecified atom stereocenters. The molecule has 1 amide bonds. The molecule has 0 aliphatic heterocycles. The van der Waals surface area contributed by atoms with Crippen molar-refractivity contribution in [2.45, 2.75) is 6.92 Å². The molecule has 0 bridgehead atoms. The molecular formula is C14H17N3O2. The lowest BCUT2D eigenvalue weighted by molar-refractivity contribution is 0.0724. The third kappa shape index (κ3) is 2.82. The van der Waals surface area contributed by atoms with Crippen LogP contribution in [-0.4, -0.2) is 45.2 Å². The molecule has 0 saturated carbocycles. The average Bonchev–Trinajstić information content (AvgIpc) is 2.94. The Hall–Kier alpha value is -2.14. The number of benzene rings is 1. The monoisotopic (exact) mass is 259 g/mol. The maximum atomic E-state index is 12.4. The Kier molecular flexibility index (Phi) is 4.30. The molecule has 5 heteroatoms. The number of aliphatic hydroxyl groups excluding tert-OH is 1. The first-order chi connectivity index (χ1) is 9.27. The third-order valence-corrected chi connectivity index (χ3v) is 2.93. The molecule has 0 atom stereocenters. The minimum absolute atomic E-state index is 0.0426. The second-order valence-corrected chi connectivity index (χ2v) is 4.09. The molecule has 1 N–H and O–H groups in total. The topological polar surface area (TPSA) is 58.4 Å². The van der Waals surface area contributed by atoms with Gasteiger partial charge < -0.3 is 10.0 Å². The van der Waals surface area contributed by atoms with Crippen molar-refractivity contribution in [2.24, 2.45) is 0 Å². The van der Waals surface area contributed by atoms with E-state index in [0.717, 1.165) is 5.69 Å². The van der Waals surface area contributed by atoms with Crippen LogP contribution in [0.2, 0.25) is 0 Å². The number of carbonyl (C=O) groups excluding carboxylic acids is 1. The molecule has 1 heterocycles. The Balaban J connectivity index is 2.32. The Morgan fingerprint density at radius 3 is 2.74 bits per heavy atom. The van der Waals surface area contributed by atoms with Crippen LogP contribution in [0.3, 0.4) is 0 Å². The van der Waals surface area contributed by atoms with E-state index in [2.05, 4.69) is 4.98 Å². The molecule has 19 heavy (non-hydrogen) atoms. The Labute approximate surface area is 112 Å². The number of hydrogen-bond acceptors (Lipinski definition) is 3. The van der Waals surface area contributed by atoms with E-state index >= 15 is 0 Å². The molecule has 2 aromatic rings. The third-order valence-electron chi connectivity index (χ3n) is 2.93. The normalized spacial score (nSPS) is 10.4. The summed E-state index contributed by atoms with van der Waals surface area (Å²) in [4.78, 5) is 18.0. The summed E-state index contributed by atoms with van der Waals surface area (Å²) >= 11 is 0. The van der Waals surface area contributed by atoms with Gasteiger partial charge in [-0.15, -0.1) is 0 Å². The van der Waals surface area contributed by atoms with Gasteiger partial charge in [-0.25, -0.2) is 4.98 Å². The lowest BCUT2D eigenvalue weighted by Crippen LogP contribution is -2.34. The minimum Gasteiger partial charge on any atom is -0.395 e. The van der Waals surface area contributed by atoms with Crippen molar-refractivity contribution in [3.63, 3.8) is 0 Å². The van der Waals surface area contributed by atoms with Crippen LogP contribution in [-0.2, 0) is 0 Å². The molecule has 0 aliphatic carbocycles. The highest BCUT2D eigenvalue weighted by Crippen LogP contribution is 2.12. The van der Waals surface area contributed by atoms with E-state index in [1.807, 2.05) is 37.3 Å². The number of aromatic nitrogens is 2. The number of hydrogen-bond donors (Lipinski definition) is 1. The average molecular weight is 259 g/mol. The molecule has 0 fully saturated rings. The van der Waals surface area contributed by atoms with Crippen molar-refractivity contribution < 1.29 is 9.90 Å². The van der Waals surface area contributed by atoms with Crippen molar-refractivity contribution in [1.29, 1.82) is 0 Å². The Bertz CT molecular complexity index is 537. The number of rotatable bonds is 5. The van der Waals surface area contributed by atoms with E-state index in [1.54, 1.807) is 22.0 Å². The van der Waals surface area contributed by atoms with Gasteiger partial charge in [0.05, 0.1) is 19.1 Å². The number of carbonyl (C=O) groups is 1. The van der Waals surface area contributed by atoms with Crippen molar-refractivity contribution in [1.82, 2.24) is 14.5 Å². The largest absolute Gasteiger partial charge is 0.395 e. The van der Waals surface area contributed by atoms with E-state index < -0.39 is 0 Å². The SMILES string of the molecule is CCN(CCO)C(=O)c1cncn1-c1ccccc1. The van der Waals surface area contributed by atoms with Crippen molar-refractivity contribution in [3.05, 3.63) is 48.5 Å². The van der Waals surface area contributed by atoms with Crippen molar-refractivity contribution in [3.8, 4) is 5.69 Å². The van der Waals surface area contributed by atoms with E-state index in [1.165, 1.54) is 0 Å². The molecule has 1 aromatic carbocycles. The molecule has 1 aromatic heterocycles. The van der Waals surface area contributed by atoms with Crippen LogP contribution in [0.1, 0.15) is 17.4 Å². The number of aliphatic hydroxyl groups is 1. The van der Waals surface area contributed by atoms with E-state index in [-0.39, 0.29) is 12.5 Å². The van der Waals surface area contributed by atoms with Crippen LogP contribution in [0.15, 0.2) is 42.9 Å². The first kappa shape index (κ1) is 13.3. The fourth-order valence-electron chi connectivity index (χ4n) is 1.93. The fourth-order valence-corrected chi connectivity index (χ4v) is 1.93. The van der Waals surface area contributed by atoms with Gasteiger partial charge in [0.2, 0.25) is 0 Å². The second kappa shape index (κ2) is 6.15. The highest BCUT2D eigenvalue weighted by Gasteiger charge is 2.18. The van der Waals surface area contributed by atoms with Crippen LogP contribution >= 0.6 is 0 Å². The smallest absolute Gasteiger partial charge is 0.272 e. The molecule has 0 spiro atoms. The van der Waals surface area contributed by atoms with Gasteiger partial charge in [0.15, 0.2) is 0 Å². The highest BCUT2D eigenvalue weighted by atomic mass is 16.3. The predicted octanol–water partition coefficient (Wildman–Crippen LogP) is 1.33. The van der Waals surface area contributed by atoms with Crippen LogP contribution in [0, 0.1) is 0 Å². The Morgan fingerprint density at radius 1 is 1.37 bits per heavy atom. The zero-order valence-electron chi connectivity index (χ0n) is 10.9. The molecule has 0 radical (unpaired) electrons. The van der Waals surface area contributed by atoms with Crippen LogP contribution < -0.4 is 0 Å². The zero-order chi connectivity index (χ0) is 13.7. The van der Waals surface area contributed by atoms with Gasteiger partial charge in [0.25, 0.3) is 5.91 Å². The summed E-state index contributed by atoms with van der Waals surface area (Å²) in [6.45, 7) is 2.73. The first-order valence-corrected chi connectivity index (χ1v) is 6.25. The van der Waals surface area contributed by atoms with Crippen molar-refractivity contribution >= 4 is 5.91 Å². The predicted molar refractivity (Wildman–Crippen MR) is 72.2 cm³/mol. The lowest BCUT2D eigenvalue weighted by Gasteiger charge is -2.20. The number of likely N-dealkylation sites (N-methyl/N-ethyl adjacent to an activating group) is 1. The summed E-state index contributed by atoms with van der Waals surface area (Å²) in [6.07, 6.45) is 3.17. The van der Waals surface area contributed by atoms with Crippen LogP contribution in [0.25, 0.3) is 5.69 Å². The number of amides is 1.